The molecule has 2 aromatic carbocycles. The quantitative estimate of drug-likeness (QED) is 0.670. The molecule has 1 aliphatic carbocycles. The van der Waals surface area contributed by atoms with E-state index in [4.69, 9.17) is 0 Å². The number of rotatable bonds is 1. The van der Waals surface area contributed by atoms with Gasteiger partial charge in [-0.2, -0.15) is 0 Å². The predicted octanol–water partition coefficient (Wildman–Crippen LogP) is 5.30. The Kier molecular flexibility index (Phi) is 2.87. The molecular formula is C17H15Br. The topological polar surface area (TPSA) is 0 Å². The molecule has 0 amide bonds. The van der Waals surface area contributed by atoms with Crippen molar-refractivity contribution in [3.05, 3.63) is 63.1 Å². The average molecular weight is 299 g/mol. The Morgan fingerprint density at radius 3 is 2.50 bits per heavy atom. The highest BCUT2D eigenvalue weighted by Crippen LogP contribution is 2.37. The van der Waals surface area contributed by atoms with Gasteiger partial charge in [-0.25, -0.2) is 0 Å². The molecule has 0 spiro atoms. The molecule has 0 unspecified atom stereocenters. The monoisotopic (exact) mass is 298 g/mol. The molecule has 0 saturated carbocycles. The van der Waals surface area contributed by atoms with Gasteiger partial charge in [-0.3, -0.25) is 0 Å². The van der Waals surface area contributed by atoms with Crippen molar-refractivity contribution >= 4 is 22.0 Å². The van der Waals surface area contributed by atoms with E-state index >= 15 is 0 Å². The van der Waals surface area contributed by atoms with Gasteiger partial charge in [0.1, 0.15) is 0 Å². The van der Waals surface area contributed by atoms with E-state index in [1.165, 1.54) is 37.9 Å². The van der Waals surface area contributed by atoms with Crippen LogP contribution < -0.4 is 0 Å². The molecule has 0 bridgehead atoms. The fourth-order valence-corrected chi connectivity index (χ4v) is 3.44. The standard InChI is InChI=1S/C17H15Br/c1-11-6-8-13(9-7-11)17-12(2)15-5-3-4-14(15)10-16(17)18/h3,5-10H,4H2,1-2H3. The van der Waals surface area contributed by atoms with Crippen molar-refractivity contribution in [2.45, 2.75) is 20.3 Å². The normalized spacial score (nSPS) is 12.8. The second kappa shape index (κ2) is 4.40. The summed E-state index contributed by atoms with van der Waals surface area (Å²) in [4.78, 5) is 0. The fraction of sp³-hybridized carbons (Fsp3) is 0.176. The van der Waals surface area contributed by atoms with Gasteiger partial charge in [-0.1, -0.05) is 57.9 Å². The summed E-state index contributed by atoms with van der Waals surface area (Å²) in [5.74, 6) is 0. The van der Waals surface area contributed by atoms with Crippen molar-refractivity contribution in [1.29, 1.82) is 0 Å². The van der Waals surface area contributed by atoms with E-state index in [9.17, 15) is 0 Å². The summed E-state index contributed by atoms with van der Waals surface area (Å²) in [6.45, 7) is 4.34. The summed E-state index contributed by atoms with van der Waals surface area (Å²) < 4.78 is 1.20. The summed E-state index contributed by atoms with van der Waals surface area (Å²) >= 11 is 3.73. The lowest BCUT2D eigenvalue weighted by molar-refractivity contribution is 1.27. The lowest BCUT2D eigenvalue weighted by atomic mass is 9.94. The molecule has 0 radical (unpaired) electrons. The largest absolute Gasteiger partial charge is 0.0795 e. The number of hydrogen-bond donors (Lipinski definition) is 0. The molecule has 0 nitrogen and oxygen atoms in total. The van der Waals surface area contributed by atoms with Gasteiger partial charge >= 0.3 is 0 Å². The van der Waals surface area contributed by atoms with Crippen molar-refractivity contribution in [3.8, 4) is 11.1 Å². The molecule has 3 rings (SSSR count). The molecule has 1 aliphatic rings. The van der Waals surface area contributed by atoms with Crippen LogP contribution in [0.3, 0.4) is 0 Å². The Bertz CT molecular complexity index is 634. The maximum absolute atomic E-state index is 3.73. The van der Waals surface area contributed by atoms with Crippen molar-refractivity contribution in [2.24, 2.45) is 0 Å². The van der Waals surface area contributed by atoms with Crippen LogP contribution in [0.2, 0.25) is 0 Å². The Morgan fingerprint density at radius 2 is 1.78 bits per heavy atom. The zero-order valence-electron chi connectivity index (χ0n) is 10.6. The van der Waals surface area contributed by atoms with Crippen LogP contribution in [-0.2, 0) is 6.42 Å². The molecule has 18 heavy (non-hydrogen) atoms. The minimum Gasteiger partial charge on any atom is -0.0795 e. The molecule has 0 heterocycles. The second-order valence-corrected chi connectivity index (χ2v) is 5.76. The molecule has 90 valence electrons. The van der Waals surface area contributed by atoms with E-state index < -0.39 is 0 Å². The molecule has 0 aromatic heterocycles. The molecule has 0 aliphatic heterocycles. The van der Waals surface area contributed by atoms with Gasteiger partial charge in [0.05, 0.1) is 0 Å². The van der Waals surface area contributed by atoms with E-state index in [0.29, 0.717) is 0 Å². The third kappa shape index (κ3) is 1.83. The number of aryl methyl sites for hydroxylation is 1. The van der Waals surface area contributed by atoms with Crippen molar-refractivity contribution in [1.82, 2.24) is 0 Å². The summed E-state index contributed by atoms with van der Waals surface area (Å²) in [5, 5.41) is 0. The number of hydrogen-bond acceptors (Lipinski definition) is 0. The first-order valence-electron chi connectivity index (χ1n) is 6.22. The zero-order valence-corrected chi connectivity index (χ0v) is 12.2. The first-order chi connectivity index (χ1) is 8.66. The maximum Gasteiger partial charge on any atom is 0.0259 e. The van der Waals surface area contributed by atoms with Crippen LogP contribution in [0.5, 0.6) is 0 Å². The van der Waals surface area contributed by atoms with Gasteiger partial charge in [0.15, 0.2) is 0 Å². The lowest BCUT2D eigenvalue weighted by Crippen LogP contribution is -1.93. The predicted molar refractivity (Wildman–Crippen MR) is 81.8 cm³/mol. The molecular weight excluding hydrogens is 284 g/mol. The first kappa shape index (κ1) is 11.7. The van der Waals surface area contributed by atoms with Crippen LogP contribution in [-0.4, -0.2) is 0 Å². The highest BCUT2D eigenvalue weighted by molar-refractivity contribution is 9.10. The molecule has 0 N–H and O–H groups in total. The summed E-state index contributed by atoms with van der Waals surface area (Å²) in [5.41, 5.74) is 8.10. The van der Waals surface area contributed by atoms with E-state index in [-0.39, 0.29) is 0 Å². The average Bonchev–Trinajstić information content (AvgIpc) is 2.80. The van der Waals surface area contributed by atoms with Crippen LogP contribution in [0.15, 0.2) is 40.9 Å². The highest BCUT2D eigenvalue weighted by atomic mass is 79.9. The van der Waals surface area contributed by atoms with Gasteiger partial charge < -0.3 is 0 Å². The summed E-state index contributed by atoms with van der Waals surface area (Å²) in [6.07, 6.45) is 5.54. The smallest absolute Gasteiger partial charge is 0.0259 e. The Balaban J connectivity index is 2.23. The molecule has 0 saturated heterocycles. The van der Waals surface area contributed by atoms with Gasteiger partial charge in [0, 0.05) is 4.47 Å². The highest BCUT2D eigenvalue weighted by Gasteiger charge is 2.15. The van der Waals surface area contributed by atoms with Crippen molar-refractivity contribution in [3.63, 3.8) is 0 Å². The van der Waals surface area contributed by atoms with E-state index in [2.05, 4.69) is 72.3 Å². The third-order valence-electron chi connectivity index (χ3n) is 3.63. The first-order valence-corrected chi connectivity index (χ1v) is 7.01. The third-order valence-corrected chi connectivity index (χ3v) is 4.25. The summed E-state index contributed by atoms with van der Waals surface area (Å²) in [6, 6.07) is 11.0. The maximum atomic E-state index is 3.73. The van der Waals surface area contributed by atoms with Crippen LogP contribution >= 0.6 is 15.9 Å². The van der Waals surface area contributed by atoms with E-state index in [1.54, 1.807) is 0 Å². The van der Waals surface area contributed by atoms with Gasteiger partial charge in [-0.15, -0.1) is 0 Å². The minimum atomic E-state index is 1.06. The molecule has 0 fully saturated rings. The van der Waals surface area contributed by atoms with Crippen LogP contribution in [0.4, 0.5) is 0 Å². The SMILES string of the molecule is Cc1ccc(-c2c(Br)cc3c(c2C)C=CC3)cc1. The second-order valence-electron chi connectivity index (χ2n) is 4.90. The fourth-order valence-electron chi connectivity index (χ4n) is 2.64. The Hall–Kier alpha value is -1.34. The Morgan fingerprint density at radius 1 is 1.06 bits per heavy atom. The number of halogens is 1. The minimum absolute atomic E-state index is 1.06. The lowest BCUT2D eigenvalue weighted by Gasteiger charge is -2.14. The van der Waals surface area contributed by atoms with Crippen LogP contribution in [0, 0.1) is 13.8 Å². The molecule has 1 heteroatoms. The van der Waals surface area contributed by atoms with Crippen LogP contribution in [0.1, 0.15) is 22.3 Å². The number of allylic oxidation sites excluding steroid dienone is 1. The van der Waals surface area contributed by atoms with Crippen molar-refractivity contribution in [2.75, 3.05) is 0 Å². The van der Waals surface area contributed by atoms with Crippen molar-refractivity contribution < 1.29 is 0 Å². The number of benzene rings is 2. The van der Waals surface area contributed by atoms with E-state index in [1.807, 2.05) is 0 Å². The zero-order chi connectivity index (χ0) is 12.7. The molecule has 0 atom stereocenters. The van der Waals surface area contributed by atoms with Gasteiger partial charge in [-0.05, 0) is 54.2 Å². The summed E-state index contributed by atoms with van der Waals surface area (Å²) in [7, 11) is 0. The van der Waals surface area contributed by atoms with E-state index in [0.717, 1.165) is 6.42 Å². The Labute approximate surface area is 116 Å². The number of fused-ring (bicyclic) bond motifs is 1. The van der Waals surface area contributed by atoms with Gasteiger partial charge in [0.25, 0.3) is 0 Å². The van der Waals surface area contributed by atoms with Gasteiger partial charge in [0.2, 0.25) is 0 Å². The van der Waals surface area contributed by atoms with Crippen LogP contribution in [0.25, 0.3) is 17.2 Å². The molecule has 2 aromatic rings.